The third-order valence-corrected chi connectivity index (χ3v) is 2.90. The topological polar surface area (TPSA) is 75.6 Å². The summed E-state index contributed by atoms with van der Waals surface area (Å²) in [7, 11) is 0. The fourth-order valence-corrected chi connectivity index (χ4v) is 1.98. The molecule has 5 heteroatoms. The second kappa shape index (κ2) is 7.21. The molecule has 0 aliphatic carbocycles. The Hall–Kier alpha value is -2.66. The predicted molar refractivity (Wildman–Crippen MR) is 76.5 cm³/mol. The third-order valence-electron chi connectivity index (χ3n) is 2.90. The number of hydrogen-bond donors (Lipinski definition) is 2. The second-order valence-electron chi connectivity index (χ2n) is 4.39. The minimum atomic E-state index is -1.10. The van der Waals surface area contributed by atoms with E-state index in [1.807, 2.05) is 60.7 Å². The van der Waals surface area contributed by atoms with Crippen molar-refractivity contribution >= 4 is 11.9 Å². The number of hydrogen-bond acceptors (Lipinski definition) is 4. The van der Waals surface area contributed by atoms with E-state index in [0.717, 1.165) is 11.1 Å². The molecule has 0 saturated carbocycles. The van der Waals surface area contributed by atoms with Crippen molar-refractivity contribution in [3.8, 4) is 0 Å². The summed E-state index contributed by atoms with van der Waals surface area (Å²) in [6.45, 7) is -0.442. The van der Waals surface area contributed by atoms with Crippen LogP contribution in [-0.2, 0) is 14.4 Å². The quantitative estimate of drug-likeness (QED) is 0.793. The first-order valence-corrected chi connectivity index (χ1v) is 6.43. The van der Waals surface area contributed by atoms with Gasteiger partial charge in [-0.05, 0) is 11.1 Å². The van der Waals surface area contributed by atoms with Crippen molar-refractivity contribution in [3.63, 3.8) is 0 Å². The van der Waals surface area contributed by atoms with Crippen LogP contribution in [0.1, 0.15) is 17.0 Å². The molecule has 21 heavy (non-hydrogen) atoms. The van der Waals surface area contributed by atoms with Gasteiger partial charge in [-0.3, -0.25) is 4.79 Å². The highest BCUT2D eigenvalue weighted by atomic mass is 16.7. The molecule has 108 valence electrons. The smallest absolute Gasteiger partial charge is 0.336 e. The summed E-state index contributed by atoms with van der Waals surface area (Å²) >= 11 is 0. The molecule has 0 aliphatic heterocycles. The van der Waals surface area contributed by atoms with Gasteiger partial charge in [0, 0.05) is 0 Å². The Morgan fingerprint density at radius 3 is 1.86 bits per heavy atom. The standard InChI is InChI=1S/C16H15NO4/c18-14(19)11-17-21-16(20)15(12-7-3-1-4-8-12)13-9-5-2-6-10-13/h1-10,15,17H,11H2,(H,18,19). The lowest BCUT2D eigenvalue weighted by Gasteiger charge is -2.16. The SMILES string of the molecule is O=C(O)CNOC(=O)C(c1ccccc1)c1ccccc1. The first-order valence-electron chi connectivity index (χ1n) is 6.43. The second-order valence-corrected chi connectivity index (χ2v) is 4.39. The van der Waals surface area contributed by atoms with Crippen LogP contribution in [0.3, 0.4) is 0 Å². The largest absolute Gasteiger partial charge is 0.480 e. The van der Waals surface area contributed by atoms with E-state index in [9.17, 15) is 9.59 Å². The molecule has 0 aliphatic rings. The Balaban J connectivity index is 2.21. The van der Waals surface area contributed by atoms with E-state index >= 15 is 0 Å². The molecule has 0 aromatic heterocycles. The fourth-order valence-electron chi connectivity index (χ4n) is 1.98. The van der Waals surface area contributed by atoms with Gasteiger partial charge >= 0.3 is 11.9 Å². The minimum absolute atomic E-state index is 0.442. The molecule has 0 radical (unpaired) electrons. The zero-order valence-electron chi connectivity index (χ0n) is 11.2. The number of carbonyl (C=O) groups excluding carboxylic acids is 1. The van der Waals surface area contributed by atoms with Gasteiger partial charge in [-0.2, -0.15) is 0 Å². The Morgan fingerprint density at radius 1 is 0.952 bits per heavy atom. The molecule has 2 rings (SSSR count). The van der Waals surface area contributed by atoms with E-state index in [2.05, 4.69) is 5.48 Å². The van der Waals surface area contributed by atoms with Crippen LogP contribution in [0.15, 0.2) is 60.7 Å². The van der Waals surface area contributed by atoms with Gasteiger partial charge in [0.1, 0.15) is 12.5 Å². The van der Waals surface area contributed by atoms with Crippen LogP contribution in [0.2, 0.25) is 0 Å². The number of aliphatic carboxylic acids is 1. The molecule has 0 spiro atoms. The maximum absolute atomic E-state index is 12.2. The van der Waals surface area contributed by atoms with Crippen LogP contribution >= 0.6 is 0 Å². The van der Waals surface area contributed by atoms with Crippen LogP contribution in [0, 0.1) is 0 Å². The average Bonchev–Trinajstić information content (AvgIpc) is 2.49. The first kappa shape index (κ1) is 14.7. The number of carboxylic acids is 1. The van der Waals surface area contributed by atoms with Gasteiger partial charge in [0.05, 0.1) is 0 Å². The molecule has 2 aromatic carbocycles. The lowest BCUT2D eigenvalue weighted by atomic mass is 9.91. The zero-order chi connectivity index (χ0) is 15.1. The van der Waals surface area contributed by atoms with Crippen molar-refractivity contribution < 1.29 is 19.5 Å². The summed E-state index contributed by atoms with van der Waals surface area (Å²) in [5.41, 5.74) is 3.72. The number of rotatable bonds is 6. The van der Waals surface area contributed by atoms with Crippen molar-refractivity contribution in [3.05, 3.63) is 71.8 Å². The number of carbonyl (C=O) groups is 2. The summed E-state index contributed by atoms with van der Waals surface area (Å²) < 4.78 is 0. The third kappa shape index (κ3) is 4.15. The molecule has 2 N–H and O–H groups in total. The minimum Gasteiger partial charge on any atom is -0.480 e. The van der Waals surface area contributed by atoms with Gasteiger partial charge < -0.3 is 9.94 Å². The lowest BCUT2D eigenvalue weighted by Crippen LogP contribution is -2.29. The number of carboxylic acid groups (broad SMARTS) is 1. The summed E-state index contributed by atoms with van der Waals surface area (Å²) in [4.78, 5) is 27.5. The van der Waals surface area contributed by atoms with E-state index < -0.39 is 24.4 Å². The molecule has 0 amide bonds. The van der Waals surface area contributed by atoms with Crippen molar-refractivity contribution in [2.24, 2.45) is 0 Å². The highest BCUT2D eigenvalue weighted by Crippen LogP contribution is 2.25. The summed E-state index contributed by atoms with van der Waals surface area (Å²) in [6, 6.07) is 18.4. The Kier molecular flexibility index (Phi) is 5.06. The monoisotopic (exact) mass is 285 g/mol. The summed E-state index contributed by atoms with van der Waals surface area (Å²) in [5.74, 6) is -2.25. The van der Waals surface area contributed by atoms with Gasteiger partial charge in [-0.15, -0.1) is 5.48 Å². The van der Waals surface area contributed by atoms with E-state index in [0.29, 0.717) is 0 Å². The maximum atomic E-state index is 12.2. The molecule has 0 bridgehead atoms. The summed E-state index contributed by atoms with van der Waals surface area (Å²) in [6.07, 6.45) is 0. The number of benzene rings is 2. The molecule has 2 aromatic rings. The molecule has 0 saturated heterocycles. The molecule has 0 heterocycles. The number of hydroxylamine groups is 1. The van der Waals surface area contributed by atoms with Crippen molar-refractivity contribution in [2.45, 2.75) is 5.92 Å². The fraction of sp³-hybridized carbons (Fsp3) is 0.125. The van der Waals surface area contributed by atoms with Gasteiger partial charge in [-0.1, -0.05) is 60.7 Å². The van der Waals surface area contributed by atoms with Gasteiger partial charge in [0.15, 0.2) is 0 Å². The molecular weight excluding hydrogens is 270 g/mol. The van der Waals surface area contributed by atoms with Gasteiger partial charge in [0.2, 0.25) is 0 Å². The van der Waals surface area contributed by atoms with Crippen molar-refractivity contribution in [1.29, 1.82) is 0 Å². The van der Waals surface area contributed by atoms with E-state index in [-0.39, 0.29) is 0 Å². The van der Waals surface area contributed by atoms with E-state index in [1.54, 1.807) is 0 Å². The molecule has 0 fully saturated rings. The normalized spacial score (nSPS) is 10.3. The summed E-state index contributed by atoms with van der Waals surface area (Å²) in [5, 5.41) is 8.55. The van der Waals surface area contributed by atoms with Crippen LogP contribution < -0.4 is 5.48 Å². The molecular formula is C16H15NO4. The van der Waals surface area contributed by atoms with Crippen LogP contribution in [-0.4, -0.2) is 23.6 Å². The van der Waals surface area contributed by atoms with Gasteiger partial charge in [-0.25, -0.2) is 4.79 Å². The number of nitrogens with one attached hydrogen (secondary N) is 1. The predicted octanol–water partition coefficient (Wildman–Crippen LogP) is 1.95. The average molecular weight is 285 g/mol. The highest BCUT2D eigenvalue weighted by molar-refractivity contribution is 5.82. The molecule has 5 nitrogen and oxygen atoms in total. The lowest BCUT2D eigenvalue weighted by molar-refractivity contribution is -0.154. The van der Waals surface area contributed by atoms with Crippen LogP contribution in [0.25, 0.3) is 0 Å². The Labute approximate surface area is 122 Å². The highest BCUT2D eigenvalue weighted by Gasteiger charge is 2.24. The van der Waals surface area contributed by atoms with Crippen LogP contribution in [0.5, 0.6) is 0 Å². The maximum Gasteiger partial charge on any atom is 0.336 e. The molecule has 0 atom stereocenters. The van der Waals surface area contributed by atoms with E-state index in [4.69, 9.17) is 9.94 Å². The Morgan fingerprint density at radius 2 is 1.43 bits per heavy atom. The van der Waals surface area contributed by atoms with Gasteiger partial charge in [0.25, 0.3) is 0 Å². The van der Waals surface area contributed by atoms with Crippen LogP contribution in [0.4, 0.5) is 0 Å². The van der Waals surface area contributed by atoms with Crippen molar-refractivity contribution in [2.75, 3.05) is 6.54 Å². The van der Waals surface area contributed by atoms with E-state index in [1.165, 1.54) is 0 Å². The zero-order valence-corrected chi connectivity index (χ0v) is 11.2. The molecule has 0 unspecified atom stereocenters. The Bertz CT molecular complexity index is 559. The first-order chi connectivity index (χ1) is 10.2. The van der Waals surface area contributed by atoms with Crippen molar-refractivity contribution in [1.82, 2.24) is 5.48 Å².